The standard InChI is InChI=1S/C4H5NO3S/c6-3-4-1-2-9(7,8)5-4/h1-5H. The van der Waals surface area contributed by atoms with Gasteiger partial charge in [-0.2, -0.15) is 4.72 Å². The second-order valence-electron chi connectivity index (χ2n) is 1.65. The highest BCUT2D eigenvalue weighted by atomic mass is 32.2. The van der Waals surface area contributed by atoms with Crippen LogP contribution in [-0.2, 0) is 14.8 Å². The van der Waals surface area contributed by atoms with Crippen LogP contribution in [0.4, 0.5) is 0 Å². The highest BCUT2D eigenvalue weighted by Crippen LogP contribution is 1.99. The number of carbonyl (C=O) groups excluding carboxylic acids is 1. The summed E-state index contributed by atoms with van der Waals surface area (Å²) < 4.78 is 23.0. The van der Waals surface area contributed by atoms with Gasteiger partial charge in [0.15, 0.2) is 0 Å². The first-order valence-corrected chi connectivity index (χ1v) is 3.84. The lowest BCUT2D eigenvalue weighted by Crippen LogP contribution is -2.27. The Balaban J connectivity index is 2.83. The first-order chi connectivity index (χ1) is 4.14. The maximum absolute atomic E-state index is 10.4. The van der Waals surface area contributed by atoms with Gasteiger partial charge in [-0.3, -0.25) is 0 Å². The fourth-order valence-corrected chi connectivity index (χ4v) is 1.50. The smallest absolute Gasteiger partial charge is 0.234 e. The Morgan fingerprint density at radius 3 is 2.44 bits per heavy atom. The third-order valence-corrected chi connectivity index (χ3v) is 2.03. The quantitative estimate of drug-likeness (QED) is 0.484. The SMILES string of the molecule is O=CC1C=CS(=O)(=O)N1. The van der Waals surface area contributed by atoms with Crippen molar-refractivity contribution in [2.75, 3.05) is 0 Å². The molecule has 0 aromatic rings. The lowest BCUT2D eigenvalue weighted by molar-refractivity contribution is -0.108. The van der Waals surface area contributed by atoms with E-state index >= 15 is 0 Å². The molecule has 0 fully saturated rings. The first-order valence-electron chi connectivity index (χ1n) is 2.30. The van der Waals surface area contributed by atoms with Crippen LogP contribution in [0.1, 0.15) is 0 Å². The van der Waals surface area contributed by atoms with Crippen LogP contribution in [0.2, 0.25) is 0 Å². The van der Waals surface area contributed by atoms with Gasteiger partial charge in [-0.15, -0.1) is 0 Å². The van der Waals surface area contributed by atoms with E-state index in [-0.39, 0.29) is 0 Å². The summed E-state index contributed by atoms with van der Waals surface area (Å²) in [5.41, 5.74) is 0. The van der Waals surface area contributed by atoms with Crippen molar-refractivity contribution in [1.82, 2.24) is 4.72 Å². The summed E-state index contributed by atoms with van der Waals surface area (Å²) in [5, 5.41) is 0.978. The van der Waals surface area contributed by atoms with E-state index in [4.69, 9.17) is 0 Å². The molecular weight excluding hydrogens is 142 g/mol. The van der Waals surface area contributed by atoms with Gasteiger partial charge in [0.05, 0.1) is 6.04 Å². The predicted octanol–water partition coefficient (Wildman–Crippen LogP) is -0.999. The molecule has 9 heavy (non-hydrogen) atoms. The van der Waals surface area contributed by atoms with Gasteiger partial charge in [-0.25, -0.2) is 8.42 Å². The van der Waals surface area contributed by atoms with E-state index in [1.807, 2.05) is 0 Å². The van der Waals surface area contributed by atoms with Crippen LogP contribution in [0.15, 0.2) is 11.5 Å². The van der Waals surface area contributed by atoms with Crippen LogP contribution < -0.4 is 4.72 Å². The lowest BCUT2D eigenvalue weighted by Gasteiger charge is -1.94. The number of rotatable bonds is 1. The Morgan fingerprint density at radius 2 is 2.22 bits per heavy atom. The number of hydrogen-bond donors (Lipinski definition) is 1. The van der Waals surface area contributed by atoms with E-state index < -0.39 is 16.1 Å². The lowest BCUT2D eigenvalue weighted by atomic mass is 10.4. The molecule has 1 rings (SSSR count). The van der Waals surface area contributed by atoms with Crippen LogP contribution in [0.5, 0.6) is 0 Å². The van der Waals surface area contributed by atoms with Gasteiger partial charge < -0.3 is 4.79 Å². The summed E-state index contributed by atoms with van der Waals surface area (Å²) in [7, 11) is -3.27. The molecule has 1 atom stereocenters. The monoisotopic (exact) mass is 147 g/mol. The molecule has 1 aliphatic heterocycles. The van der Waals surface area contributed by atoms with Crippen molar-refractivity contribution in [1.29, 1.82) is 0 Å². The molecule has 0 aliphatic carbocycles. The molecule has 0 spiro atoms. The van der Waals surface area contributed by atoms with Gasteiger partial charge in [0, 0.05) is 5.41 Å². The van der Waals surface area contributed by atoms with E-state index in [0.717, 1.165) is 5.41 Å². The zero-order valence-electron chi connectivity index (χ0n) is 4.44. The van der Waals surface area contributed by atoms with Crippen molar-refractivity contribution in [2.24, 2.45) is 0 Å². The Morgan fingerprint density at radius 1 is 1.56 bits per heavy atom. The van der Waals surface area contributed by atoms with Crippen LogP contribution >= 0.6 is 0 Å². The largest absolute Gasteiger partial charge is 0.301 e. The third kappa shape index (κ3) is 1.36. The van der Waals surface area contributed by atoms with Crippen molar-refractivity contribution in [3.05, 3.63) is 11.5 Å². The Hall–Kier alpha value is -0.680. The average Bonchev–Trinajstić information content (AvgIpc) is 2.10. The molecule has 5 heteroatoms. The molecule has 0 saturated heterocycles. The molecular formula is C4H5NO3S. The number of carbonyl (C=O) groups is 1. The van der Waals surface area contributed by atoms with Gasteiger partial charge in [0.2, 0.25) is 10.0 Å². The molecule has 0 aromatic carbocycles. The minimum Gasteiger partial charge on any atom is -0.301 e. The van der Waals surface area contributed by atoms with Crippen molar-refractivity contribution in [2.45, 2.75) is 6.04 Å². The molecule has 0 aromatic heterocycles. The van der Waals surface area contributed by atoms with Crippen LogP contribution in [0.3, 0.4) is 0 Å². The number of sulfonamides is 1. The molecule has 4 nitrogen and oxygen atoms in total. The predicted molar refractivity (Wildman–Crippen MR) is 31.0 cm³/mol. The maximum Gasteiger partial charge on any atom is 0.234 e. The number of nitrogens with one attached hydrogen (secondary N) is 1. The second-order valence-corrected chi connectivity index (χ2v) is 3.25. The molecule has 1 unspecified atom stereocenters. The van der Waals surface area contributed by atoms with E-state index in [0.29, 0.717) is 6.29 Å². The Bertz CT molecular complexity index is 241. The van der Waals surface area contributed by atoms with Gasteiger partial charge in [0.1, 0.15) is 6.29 Å². The minimum absolute atomic E-state index is 0.529. The highest BCUT2D eigenvalue weighted by Gasteiger charge is 2.18. The van der Waals surface area contributed by atoms with Crippen LogP contribution in [0, 0.1) is 0 Å². The highest BCUT2D eigenvalue weighted by molar-refractivity contribution is 7.92. The molecule has 0 amide bonds. The second kappa shape index (κ2) is 1.93. The maximum atomic E-state index is 10.4. The zero-order chi connectivity index (χ0) is 6.91. The van der Waals surface area contributed by atoms with Gasteiger partial charge in [-0.05, 0) is 6.08 Å². The zero-order valence-corrected chi connectivity index (χ0v) is 5.26. The van der Waals surface area contributed by atoms with Crippen LogP contribution in [0.25, 0.3) is 0 Å². The summed E-state index contributed by atoms with van der Waals surface area (Å²) in [6, 6.07) is -0.657. The van der Waals surface area contributed by atoms with Gasteiger partial charge in [-0.1, -0.05) is 0 Å². The van der Waals surface area contributed by atoms with E-state index in [9.17, 15) is 13.2 Å². The average molecular weight is 147 g/mol. The van der Waals surface area contributed by atoms with Gasteiger partial charge in [0.25, 0.3) is 0 Å². The summed E-state index contributed by atoms with van der Waals surface area (Å²) >= 11 is 0. The normalized spacial score (nSPS) is 30.4. The molecule has 50 valence electrons. The Kier molecular flexibility index (Phi) is 1.38. The fourth-order valence-electron chi connectivity index (χ4n) is 0.529. The van der Waals surface area contributed by atoms with Crippen LogP contribution in [-0.4, -0.2) is 20.7 Å². The molecule has 1 N–H and O–H groups in total. The third-order valence-electron chi connectivity index (χ3n) is 0.912. The first kappa shape index (κ1) is 6.44. The molecule has 0 radical (unpaired) electrons. The number of hydrogen-bond acceptors (Lipinski definition) is 3. The molecule has 0 saturated carbocycles. The van der Waals surface area contributed by atoms with E-state index in [1.54, 1.807) is 0 Å². The van der Waals surface area contributed by atoms with E-state index in [2.05, 4.69) is 4.72 Å². The summed E-state index contributed by atoms with van der Waals surface area (Å²) in [5.74, 6) is 0. The van der Waals surface area contributed by atoms with Crippen molar-refractivity contribution in [3.8, 4) is 0 Å². The molecule has 0 bridgehead atoms. The summed E-state index contributed by atoms with van der Waals surface area (Å²) in [6.45, 7) is 0. The topological polar surface area (TPSA) is 63.2 Å². The number of aldehydes is 1. The van der Waals surface area contributed by atoms with Crippen molar-refractivity contribution >= 4 is 16.3 Å². The van der Waals surface area contributed by atoms with Gasteiger partial charge >= 0.3 is 0 Å². The Labute approximate surface area is 52.6 Å². The van der Waals surface area contributed by atoms with E-state index in [1.165, 1.54) is 6.08 Å². The fraction of sp³-hybridized carbons (Fsp3) is 0.250. The van der Waals surface area contributed by atoms with Crippen molar-refractivity contribution < 1.29 is 13.2 Å². The minimum atomic E-state index is -3.27. The molecule has 1 aliphatic rings. The molecule has 1 heterocycles. The summed E-state index contributed by atoms with van der Waals surface area (Å²) in [6.07, 6.45) is 1.82. The van der Waals surface area contributed by atoms with Crippen molar-refractivity contribution in [3.63, 3.8) is 0 Å². The summed E-state index contributed by atoms with van der Waals surface area (Å²) in [4.78, 5) is 9.92.